The fourth-order valence-corrected chi connectivity index (χ4v) is 2.02. The average Bonchev–Trinajstić information content (AvgIpc) is 2.40. The molecule has 0 aliphatic rings. The Morgan fingerprint density at radius 3 is 2.70 bits per heavy atom. The minimum Gasteiger partial charge on any atom is -0.312 e. The highest BCUT2D eigenvalue weighted by molar-refractivity contribution is 5.76. The van der Waals surface area contributed by atoms with Crippen molar-refractivity contribution >= 4 is 10.9 Å². The maximum atomic E-state index is 12.2. The predicted octanol–water partition coefficient (Wildman–Crippen LogP) is 1.96. The topological polar surface area (TPSA) is 59.8 Å². The van der Waals surface area contributed by atoms with Crippen LogP contribution in [-0.4, -0.2) is 27.1 Å². The van der Waals surface area contributed by atoms with E-state index in [1.165, 1.54) is 4.68 Å². The van der Waals surface area contributed by atoms with Gasteiger partial charge in [-0.1, -0.05) is 17.3 Å². The second-order valence-corrected chi connectivity index (χ2v) is 6.02. The number of hydrogen-bond acceptors (Lipinski definition) is 4. The van der Waals surface area contributed by atoms with Crippen molar-refractivity contribution < 1.29 is 0 Å². The zero-order valence-electron chi connectivity index (χ0n) is 12.4. The molecule has 0 aliphatic heterocycles. The summed E-state index contributed by atoms with van der Waals surface area (Å²) < 4.78 is 1.46. The number of aryl methyl sites for hydroxylation is 1. The number of unbranched alkanes of at least 4 members (excludes halogenated alkanes) is 1. The second kappa shape index (κ2) is 6.13. The van der Waals surface area contributed by atoms with E-state index >= 15 is 0 Å². The van der Waals surface area contributed by atoms with Crippen LogP contribution in [0.15, 0.2) is 29.1 Å². The van der Waals surface area contributed by atoms with Gasteiger partial charge < -0.3 is 5.32 Å². The van der Waals surface area contributed by atoms with Crippen molar-refractivity contribution in [3.8, 4) is 0 Å². The van der Waals surface area contributed by atoms with E-state index in [9.17, 15) is 4.79 Å². The fourth-order valence-electron chi connectivity index (χ4n) is 2.02. The van der Waals surface area contributed by atoms with Gasteiger partial charge in [-0.3, -0.25) is 4.79 Å². The zero-order valence-corrected chi connectivity index (χ0v) is 12.4. The summed E-state index contributed by atoms with van der Waals surface area (Å²) in [6, 6.07) is 7.31. The van der Waals surface area contributed by atoms with E-state index in [1.807, 2.05) is 12.1 Å². The molecule has 2 rings (SSSR count). The number of rotatable bonds is 5. The lowest BCUT2D eigenvalue weighted by molar-refractivity contribution is 0.408. The van der Waals surface area contributed by atoms with Crippen LogP contribution < -0.4 is 10.9 Å². The summed E-state index contributed by atoms with van der Waals surface area (Å²) in [5.41, 5.74) is 0.738. The Bertz CT molecular complexity index is 628. The third-order valence-corrected chi connectivity index (χ3v) is 3.08. The van der Waals surface area contributed by atoms with Crippen LogP contribution >= 0.6 is 0 Å². The molecule has 5 nitrogen and oxygen atoms in total. The molecule has 1 N–H and O–H groups in total. The van der Waals surface area contributed by atoms with Crippen LogP contribution in [0.1, 0.15) is 33.6 Å². The highest BCUT2D eigenvalue weighted by Crippen LogP contribution is 2.04. The van der Waals surface area contributed by atoms with Crippen molar-refractivity contribution in [2.75, 3.05) is 6.54 Å². The molecular formula is C15H22N4O. The number of aromatic nitrogens is 3. The lowest BCUT2D eigenvalue weighted by atomic mass is 10.1. The maximum absolute atomic E-state index is 12.2. The van der Waals surface area contributed by atoms with Gasteiger partial charge in [-0.2, -0.15) is 0 Å². The number of fused-ring (bicyclic) bond motifs is 1. The van der Waals surface area contributed by atoms with Gasteiger partial charge in [0.05, 0.1) is 5.39 Å². The summed E-state index contributed by atoms with van der Waals surface area (Å²) in [6.45, 7) is 7.99. The zero-order chi connectivity index (χ0) is 14.6. The van der Waals surface area contributed by atoms with Crippen LogP contribution in [0.5, 0.6) is 0 Å². The molecule has 1 heterocycles. The van der Waals surface area contributed by atoms with Gasteiger partial charge in [0.25, 0.3) is 5.56 Å². The molecule has 0 atom stereocenters. The van der Waals surface area contributed by atoms with E-state index < -0.39 is 0 Å². The lowest BCUT2D eigenvalue weighted by Crippen LogP contribution is -2.36. The molecule has 0 amide bonds. The minimum atomic E-state index is -0.0561. The van der Waals surface area contributed by atoms with Gasteiger partial charge in [0, 0.05) is 12.1 Å². The largest absolute Gasteiger partial charge is 0.312 e. The van der Waals surface area contributed by atoms with Crippen molar-refractivity contribution in [2.24, 2.45) is 0 Å². The molecule has 2 aromatic rings. The van der Waals surface area contributed by atoms with Crippen molar-refractivity contribution in [3.63, 3.8) is 0 Å². The molecule has 1 aromatic carbocycles. The second-order valence-electron chi connectivity index (χ2n) is 6.02. The molecule has 1 aromatic heterocycles. The van der Waals surface area contributed by atoms with Crippen LogP contribution in [0, 0.1) is 0 Å². The molecule has 0 unspecified atom stereocenters. The first-order valence-corrected chi connectivity index (χ1v) is 7.05. The molecule has 0 aliphatic carbocycles. The standard InChI is InChI=1S/C15H22N4O/c1-15(2,3)16-10-6-7-11-19-14(20)12-8-4-5-9-13(12)17-18-19/h4-5,8-9,16H,6-7,10-11H2,1-3H3. The summed E-state index contributed by atoms with van der Waals surface area (Å²) in [4.78, 5) is 12.2. The quantitative estimate of drug-likeness (QED) is 0.847. The van der Waals surface area contributed by atoms with E-state index in [-0.39, 0.29) is 11.1 Å². The molecular weight excluding hydrogens is 252 g/mol. The van der Waals surface area contributed by atoms with Gasteiger partial charge in [0.15, 0.2) is 0 Å². The molecule has 20 heavy (non-hydrogen) atoms. The molecule has 5 heteroatoms. The van der Waals surface area contributed by atoms with Crippen molar-refractivity contribution in [1.82, 2.24) is 20.3 Å². The first-order chi connectivity index (χ1) is 9.47. The van der Waals surface area contributed by atoms with E-state index in [1.54, 1.807) is 12.1 Å². The van der Waals surface area contributed by atoms with Gasteiger partial charge in [-0.05, 0) is 52.3 Å². The Balaban J connectivity index is 1.94. The summed E-state index contributed by atoms with van der Waals surface area (Å²) >= 11 is 0. The smallest absolute Gasteiger partial charge is 0.277 e. The lowest BCUT2D eigenvalue weighted by Gasteiger charge is -2.20. The third-order valence-electron chi connectivity index (χ3n) is 3.08. The van der Waals surface area contributed by atoms with Gasteiger partial charge >= 0.3 is 0 Å². The van der Waals surface area contributed by atoms with E-state index in [2.05, 4.69) is 36.4 Å². The molecule has 0 spiro atoms. The molecule has 0 radical (unpaired) electrons. The Labute approximate surface area is 119 Å². The maximum Gasteiger partial charge on any atom is 0.277 e. The third kappa shape index (κ3) is 3.87. The minimum absolute atomic E-state index is 0.0561. The van der Waals surface area contributed by atoms with Gasteiger partial charge in [0.2, 0.25) is 0 Å². The number of nitrogens with one attached hydrogen (secondary N) is 1. The Hall–Kier alpha value is -1.75. The van der Waals surface area contributed by atoms with Crippen LogP contribution in [-0.2, 0) is 6.54 Å². The molecule has 108 valence electrons. The van der Waals surface area contributed by atoms with E-state index in [0.717, 1.165) is 19.4 Å². The summed E-state index contributed by atoms with van der Waals surface area (Å²) in [6.07, 6.45) is 1.92. The Morgan fingerprint density at radius 1 is 1.20 bits per heavy atom. The SMILES string of the molecule is CC(C)(C)NCCCCn1nnc2ccccc2c1=O. The number of nitrogens with zero attached hydrogens (tertiary/aromatic N) is 3. The molecule has 0 saturated carbocycles. The molecule has 0 fully saturated rings. The van der Waals surface area contributed by atoms with Gasteiger partial charge in [-0.15, -0.1) is 5.10 Å². The van der Waals surface area contributed by atoms with E-state index in [4.69, 9.17) is 0 Å². The van der Waals surface area contributed by atoms with Crippen LogP contribution in [0.3, 0.4) is 0 Å². The number of benzene rings is 1. The number of hydrogen-bond donors (Lipinski definition) is 1. The van der Waals surface area contributed by atoms with Gasteiger partial charge in [-0.25, -0.2) is 4.68 Å². The van der Waals surface area contributed by atoms with E-state index in [0.29, 0.717) is 17.4 Å². The monoisotopic (exact) mass is 274 g/mol. The summed E-state index contributed by atoms with van der Waals surface area (Å²) in [5.74, 6) is 0. The normalized spacial score (nSPS) is 11.9. The van der Waals surface area contributed by atoms with Crippen molar-refractivity contribution in [1.29, 1.82) is 0 Å². The predicted molar refractivity (Wildman–Crippen MR) is 80.8 cm³/mol. The molecule has 0 bridgehead atoms. The first kappa shape index (κ1) is 14.7. The van der Waals surface area contributed by atoms with Crippen LogP contribution in [0.2, 0.25) is 0 Å². The van der Waals surface area contributed by atoms with Gasteiger partial charge in [0.1, 0.15) is 5.52 Å². The van der Waals surface area contributed by atoms with Crippen LogP contribution in [0.4, 0.5) is 0 Å². The van der Waals surface area contributed by atoms with Crippen molar-refractivity contribution in [3.05, 3.63) is 34.6 Å². The van der Waals surface area contributed by atoms with Crippen molar-refractivity contribution in [2.45, 2.75) is 45.7 Å². The summed E-state index contributed by atoms with van der Waals surface area (Å²) in [7, 11) is 0. The average molecular weight is 274 g/mol. The fraction of sp³-hybridized carbons (Fsp3) is 0.533. The Kier molecular flexibility index (Phi) is 4.49. The first-order valence-electron chi connectivity index (χ1n) is 7.05. The molecule has 0 saturated heterocycles. The highest BCUT2D eigenvalue weighted by atomic mass is 16.1. The highest BCUT2D eigenvalue weighted by Gasteiger charge is 2.08. The Morgan fingerprint density at radius 2 is 1.95 bits per heavy atom. The van der Waals surface area contributed by atoms with Crippen LogP contribution in [0.25, 0.3) is 10.9 Å². The summed E-state index contributed by atoms with van der Waals surface area (Å²) in [5, 5.41) is 12.1.